The number of likely N-dealkylation sites (tertiary alicyclic amines) is 1. The van der Waals surface area contributed by atoms with E-state index in [-0.39, 0.29) is 17.8 Å². The minimum Gasteiger partial charge on any atom is -0.338 e. The first kappa shape index (κ1) is 18.0. The van der Waals surface area contributed by atoms with Gasteiger partial charge in [-0.15, -0.1) is 0 Å². The van der Waals surface area contributed by atoms with Gasteiger partial charge >= 0.3 is 0 Å². The quantitative estimate of drug-likeness (QED) is 0.907. The summed E-state index contributed by atoms with van der Waals surface area (Å²) in [7, 11) is 0. The molecule has 2 aromatic rings. The maximum Gasteiger partial charge on any atom is 0.256 e. The number of halogens is 3. The summed E-state index contributed by atoms with van der Waals surface area (Å²) in [4.78, 5) is 26.3. The van der Waals surface area contributed by atoms with E-state index in [0.29, 0.717) is 25.5 Å². The molecule has 7 heteroatoms. The first-order chi connectivity index (χ1) is 12.5. The molecule has 26 heavy (non-hydrogen) atoms. The monoisotopic (exact) mass is 362 g/mol. The van der Waals surface area contributed by atoms with Gasteiger partial charge in [-0.2, -0.15) is 0 Å². The fraction of sp³-hybridized carbons (Fsp3) is 0.263. The van der Waals surface area contributed by atoms with Crippen LogP contribution in [0, 0.1) is 23.4 Å². The number of carbonyl (C=O) groups excluding carboxylic acids is 2. The van der Waals surface area contributed by atoms with Crippen molar-refractivity contribution in [3.63, 3.8) is 0 Å². The summed E-state index contributed by atoms with van der Waals surface area (Å²) < 4.78 is 40.4. The zero-order valence-corrected chi connectivity index (χ0v) is 13.8. The molecule has 0 unspecified atom stereocenters. The van der Waals surface area contributed by atoms with Crippen LogP contribution < -0.4 is 5.32 Å². The lowest BCUT2D eigenvalue weighted by Gasteiger charge is -2.32. The lowest BCUT2D eigenvalue weighted by atomic mass is 9.96. The average Bonchev–Trinajstić information content (AvgIpc) is 2.64. The van der Waals surface area contributed by atoms with Crippen LogP contribution in [0.3, 0.4) is 0 Å². The summed E-state index contributed by atoms with van der Waals surface area (Å²) in [5.41, 5.74) is -0.160. The molecule has 1 heterocycles. The molecule has 0 saturated carbocycles. The van der Waals surface area contributed by atoms with Crippen LogP contribution >= 0.6 is 0 Å². The van der Waals surface area contributed by atoms with Gasteiger partial charge in [0.15, 0.2) is 0 Å². The van der Waals surface area contributed by atoms with Crippen LogP contribution in [0.25, 0.3) is 0 Å². The zero-order valence-electron chi connectivity index (χ0n) is 13.8. The lowest BCUT2D eigenvalue weighted by molar-refractivity contribution is -0.121. The Morgan fingerprint density at radius 3 is 2.54 bits per heavy atom. The van der Waals surface area contributed by atoms with Gasteiger partial charge < -0.3 is 10.2 Å². The fourth-order valence-electron chi connectivity index (χ4n) is 3.01. The van der Waals surface area contributed by atoms with Gasteiger partial charge in [-0.05, 0) is 37.1 Å². The maximum absolute atomic E-state index is 13.8. The number of nitrogens with one attached hydrogen (secondary N) is 1. The van der Waals surface area contributed by atoms with E-state index in [1.807, 2.05) is 0 Å². The van der Waals surface area contributed by atoms with E-state index in [1.54, 1.807) is 6.07 Å². The molecule has 1 N–H and O–H groups in total. The summed E-state index contributed by atoms with van der Waals surface area (Å²) in [6, 6.07) is 8.55. The second kappa shape index (κ2) is 7.59. The maximum atomic E-state index is 13.8. The molecule has 2 aromatic carbocycles. The van der Waals surface area contributed by atoms with Crippen LogP contribution in [-0.4, -0.2) is 29.8 Å². The Kier molecular flexibility index (Phi) is 5.25. The highest BCUT2D eigenvalue weighted by molar-refractivity contribution is 5.96. The molecule has 0 spiro atoms. The van der Waals surface area contributed by atoms with Crippen LogP contribution in [0.2, 0.25) is 0 Å². The molecule has 2 amide bonds. The van der Waals surface area contributed by atoms with Crippen molar-refractivity contribution >= 4 is 17.5 Å². The Hall–Kier alpha value is -2.83. The van der Waals surface area contributed by atoms with Crippen molar-refractivity contribution in [2.24, 2.45) is 5.92 Å². The molecular weight excluding hydrogens is 345 g/mol. The van der Waals surface area contributed by atoms with E-state index >= 15 is 0 Å². The minimum atomic E-state index is -0.867. The molecule has 0 bridgehead atoms. The number of hydrogen-bond acceptors (Lipinski definition) is 2. The lowest BCUT2D eigenvalue weighted by Crippen LogP contribution is -2.44. The third kappa shape index (κ3) is 3.87. The Morgan fingerprint density at radius 2 is 1.81 bits per heavy atom. The summed E-state index contributed by atoms with van der Waals surface area (Å²) in [5.74, 6) is -3.70. The largest absolute Gasteiger partial charge is 0.338 e. The van der Waals surface area contributed by atoms with Crippen LogP contribution in [-0.2, 0) is 4.79 Å². The molecule has 136 valence electrons. The van der Waals surface area contributed by atoms with Crippen LogP contribution in [0.15, 0.2) is 42.5 Å². The Bertz CT molecular complexity index is 841. The van der Waals surface area contributed by atoms with Crippen molar-refractivity contribution in [3.8, 4) is 0 Å². The molecule has 1 aliphatic rings. The molecule has 0 aliphatic carbocycles. The van der Waals surface area contributed by atoms with Gasteiger partial charge in [0.25, 0.3) is 5.91 Å². The number of carbonyl (C=O) groups is 2. The van der Waals surface area contributed by atoms with E-state index in [1.165, 1.54) is 23.1 Å². The average molecular weight is 362 g/mol. The molecule has 4 nitrogen and oxygen atoms in total. The highest BCUT2D eigenvalue weighted by Crippen LogP contribution is 2.22. The van der Waals surface area contributed by atoms with Crippen LogP contribution in [0.5, 0.6) is 0 Å². The van der Waals surface area contributed by atoms with Crippen molar-refractivity contribution in [3.05, 3.63) is 65.5 Å². The minimum absolute atomic E-state index is 0.0434. The summed E-state index contributed by atoms with van der Waals surface area (Å²) >= 11 is 0. The van der Waals surface area contributed by atoms with E-state index < -0.39 is 35.2 Å². The van der Waals surface area contributed by atoms with E-state index in [9.17, 15) is 22.8 Å². The van der Waals surface area contributed by atoms with Crippen molar-refractivity contribution in [1.82, 2.24) is 4.90 Å². The molecule has 1 atom stereocenters. The van der Waals surface area contributed by atoms with Gasteiger partial charge in [-0.25, -0.2) is 13.2 Å². The van der Waals surface area contributed by atoms with Gasteiger partial charge in [0.2, 0.25) is 5.91 Å². The number of anilines is 1. The Morgan fingerprint density at radius 1 is 1.04 bits per heavy atom. The first-order valence-corrected chi connectivity index (χ1v) is 8.25. The number of nitrogens with zero attached hydrogens (tertiary/aromatic N) is 1. The van der Waals surface area contributed by atoms with E-state index in [2.05, 4.69) is 5.32 Å². The molecule has 0 aromatic heterocycles. The first-order valence-electron chi connectivity index (χ1n) is 8.25. The SMILES string of the molecule is O=C(Nc1ccc(F)cc1F)[C@@H]1CCCN(C(=O)c2ccccc2F)C1. The standard InChI is InChI=1S/C19H17F3N2O2/c20-13-7-8-17(16(22)10-13)23-18(25)12-4-3-9-24(11-12)19(26)14-5-1-2-6-15(14)21/h1-2,5-8,10,12H,3-4,9,11H2,(H,23,25)/t12-/m1/s1. The van der Waals surface area contributed by atoms with Crippen molar-refractivity contribution in [2.75, 3.05) is 18.4 Å². The molecular formula is C19H17F3N2O2. The third-order valence-electron chi connectivity index (χ3n) is 4.37. The molecule has 1 saturated heterocycles. The van der Waals surface area contributed by atoms with E-state index in [0.717, 1.165) is 12.1 Å². The number of rotatable bonds is 3. The number of hydrogen-bond donors (Lipinski definition) is 1. The van der Waals surface area contributed by atoms with Crippen molar-refractivity contribution < 1.29 is 22.8 Å². The second-order valence-corrected chi connectivity index (χ2v) is 6.18. The Balaban J connectivity index is 1.69. The second-order valence-electron chi connectivity index (χ2n) is 6.18. The predicted octanol–water partition coefficient (Wildman–Crippen LogP) is 3.59. The van der Waals surface area contributed by atoms with Crippen LogP contribution in [0.1, 0.15) is 23.2 Å². The van der Waals surface area contributed by atoms with E-state index in [4.69, 9.17) is 0 Å². The van der Waals surface area contributed by atoms with Gasteiger partial charge in [-0.1, -0.05) is 12.1 Å². The highest BCUT2D eigenvalue weighted by atomic mass is 19.1. The van der Waals surface area contributed by atoms with Crippen molar-refractivity contribution in [2.45, 2.75) is 12.8 Å². The summed E-state index contributed by atoms with van der Waals surface area (Å²) in [6.45, 7) is 0.531. The topological polar surface area (TPSA) is 49.4 Å². The number of amides is 2. The molecule has 3 rings (SSSR count). The zero-order chi connectivity index (χ0) is 18.7. The van der Waals surface area contributed by atoms with Gasteiger partial charge in [0, 0.05) is 19.2 Å². The smallest absolute Gasteiger partial charge is 0.256 e. The van der Waals surface area contributed by atoms with Gasteiger partial charge in [-0.3, -0.25) is 9.59 Å². The highest BCUT2D eigenvalue weighted by Gasteiger charge is 2.30. The third-order valence-corrected chi connectivity index (χ3v) is 4.37. The Labute approximate surface area is 148 Å². The molecule has 1 aliphatic heterocycles. The summed E-state index contributed by atoms with van der Waals surface area (Å²) in [6.07, 6.45) is 1.10. The number of piperidine rings is 1. The fourth-order valence-corrected chi connectivity index (χ4v) is 3.01. The summed E-state index contributed by atoms with van der Waals surface area (Å²) in [5, 5.41) is 2.43. The number of benzene rings is 2. The normalized spacial score (nSPS) is 17.0. The van der Waals surface area contributed by atoms with Crippen LogP contribution in [0.4, 0.5) is 18.9 Å². The molecule has 0 radical (unpaired) electrons. The molecule has 1 fully saturated rings. The van der Waals surface area contributed by atoms with Gasteiger partial charge in [0.05, 0.1) is 17.2 Å². The van der Waals surface area contributed by atoms with Gasteiger partial charge in [0.1, 0.15) is 17.5 Å². The van der Waals surface area contributed by atoms with Crippen molar-refractivity contribution in [1.29, 1.82) is 0 Å². The predicted molar refractivity (Wildman–Crippen MR) is 90.0 cm³/mol.